The minimum Gasteiger partial charge on any atom is -0.357 e. The molecular weight excluding hydrogens is 219 g/mol. The Hall–Kier alpha value is -0.700. The standard InChI is InChI=1S/C10H10Cl2N2/c11-8-2-1-6-5-7(3-4-13)14-10(6)9(8)12/h1-2,5,14H,3-4,13H2. The molecule has 0 aliphatic heterocycles. The first-order chi connectivity index (χ1) is 6.72. The van der Waals surface area contributed by atoms with Crippen LogP contribution in [0.5, 0.6) is 0 Å². The van der Waals surface area contributed by atoms with Crippen LogP contribution in [0.4, 0.5) is 0 Å². The highest BCUT2D eigenvalue weighted by Gasteiger charge is 2.06. The van der Waals surface area contributed by atoms with Crippen LogP contribution in [0.3, 0.4) is 0 Å². The third-order valence-corrected chi connectivity index (χ3v) is 2.96. The predicted octanol–water partition coefficient (Wildman–Crippen LogP) is 2.98. The van der Waals surface area contributed by atoms with Crippen LogP contribution in [-0.4, -0.2) is 11.5 Å². The Bertz CT molecular complexity index is 462. The molecule has 0 bridgehead atoms. The summed E-state index contributed by atoms with van der Waals surface area (Å²) in [6.45, 7) is 0.623. The smallest absolute Gasteiger partial charge is 0.0833 e. The SMILES string of the molecule is NCCc1cc2ccc(Cl)c(Cl)c2[nH]1. The molecule has 0 radical (unpaired) electrons. The first-order valence-electron chi connectivity index (χ1n) is 4.38. The summed E-state index contributed by atoms with van der Waals surface area (Å²) in [6.07, 6.45) is 0.822. The van der Waals surface area contributed by atoms with E-state index in [1.165, 1.54) is 0 Å². The molecule has 74 valence electrons. The van der Waals surface area contributed by atoms with Crippen LogP contribution in [-0.2, 0) is 6.42 Å². The highest BCUT2D eigenvalue weighted by molar-refractivity contribution is 6.45. The normalized spacial score (nSPS) is 11.1. The molecule has 1 aromatic heterocycles. The van der Waals surface area contributed by atoms with Gasteiger partial charge in [0, 0.05) is 11.1 Å². The van der Waals surface area contributed by atoms with Crippen LogP contribution in [0, 0.1) is 0 Å². The minimum atomic E-state index is 0.570. The van der Waals surface area contributed by atoms with Crippen LogP contribution in [0.25, 0.3) is 10.9 Å². The maximum absolute atomic E-state index is 6.05. The molecule has 0 amide bonds. The van der Waals surface area contributed by atoms with E-state index in [2.05, 4.69) is 4.98 Å². The van der Waals surface area contributed by atoms with Crippen molar-refractivity contribution in [1.82, 2.24) is 4.98 Å². The van der Waals surface area contributed by atoms with E-state index in [1.54, 1.807) is 6.07 Å². The van der Waals surface area contributed by atoms with E-state index in [0.29, 0.717) is 16.6 Å². The summed E-state index contributed by atoms with van der Waals surface area (Å²) in [7, 11) is 0. The van der Waals surface area contributed by atoms with E-state index in [0.717, 1.165) is 23.0 Å². The molecule has 2 aromatic rings. The van der Waals surface area contributed by atoms with Crippen molar-refractivity contribution in [2.24, 2.45) is 5.73 Å². The van der Waals surface area contributed by atoms with Crippen molar-refractivity contribution in [3.05, 3.63) is 33.9 Å². The van der Waals surface area contributed by atoms with E-state index < -0.39 is 0 Å². The number of hydrogen-bond acceptors (Lipinski definition) is 1. The van der Waals surface area contributed by atoms with Gasteiger partial charge in [0.15, 0.2) is 0 Å². The Labute approximate surface area is 92.0 Å². The largest absolute Gasteiger partial charge is 0.357 e. The molecule has 0 aliphatic carbocycles. The third-order valence-electron chi connectivity index (χ3n) is 2.16. The van der Waals surface area contributed by atoms with Crippen LogP contribution >= 0.6 is 23.2 Å². The number of hydrogen-bond donors (Lipinski definition) is 2. The summed E-state index contributed by atoms with van der Waals surface area (Å²) in [5.74, 6) is 0. The van der Waals surface area contributed by atoms with Crippen molar-refractivity contribution >= 4 is 34.1 Å². The van der Waals surface area contributed by atoms with Gasteiger partial charge in [0.25, 0.3) is 0 Å². The summed E-state index contributed by atoms with van der Waals surface area (Å²) in [5, 5.41) is 2.22. The summed E-state index contributed by atoms with van der Waals surface area (Å²) >= 11 is 11.9. The van der Waals surface area contributed by atoms with Crippen LogP contribution < -0.4 is 5.73 Å². The average Bonchev–Trinajstić information content (AvgIpc) is 2.56. The molecule has 0 fully saturated rings. The molecular formula is C10H10Cl2N2. The maximum atomic E-state index is 6.05. The summed E-state index contributed by atoms with van der Waals surface area (Å²) in [6, 6.07) is 5.79. The molecule has 2 rings (SSSR count). The minimum absolute atomic E-state index is 0.570. The van der Waals surface area contributed by atoms with Crippen molar-refractivity contribution in [3.63, 3.8) is 0 Å². The lowest BCUT2D eigenvalue weighted by atomic mass is 10.2. The fraction of sp³-hybridized carbons (Fsp3) is 0.200. The average molecular weight is 229 g/mol. The van der Waals surface area contributed by atoms with Gasteiger partial charge in [-0.1, -0.05) is 29.3 Å². The predicted molar refractivity (Wildman–Crippen MR) is 61.1 cm³/mol. The van der Waals surface area contributed by atoms with Crippen molar-refractivity contribution in [2.75, 3.05) is 6.54 Å². The Morgan fingerprint density at radius 1 is 1.29 bits per heavy atom. The highest BCUT2D eigenvalue weighted by atomic mass is 35.5. The van der Waals surface area contributed by atoms with Crippen molar-refractivity contribution in [2.45, 2.75) is 6.42 Å². The van der Waals surface area contributed by atoms with Gasteiger partial charge in [-0.05, 0) is 25.1 Å². The van der Waals surface area contributed by atoms with Gasteiger partial charge < -0.3 is 10.7 Å². The maximum Gasteiger partial charge on any atom is 0.0833 e. The summed E-state index contributed by atoms with van der Waals surface area (Å²) in [5.41, 5.74) is 7.45. The molecule has 0 saturated carbocycles. The fourth-order valence-corrected chi connectivity index (χ4v) is 1.86. The molecule has 0 unspecified atom stereocenters. The second kappa shape index (κ2) is 3.81. The van der Waals surface area contributed by atoms with Gasteiger partial charge in [0.05, 0.1) is 15.6 Å². The van der Waals surface area contributed by atoms with E-state index in [9.17, 15) is 0 Å². The second-order valence-electron chi connectivity index (χ2n) is 3.16. The third kappa shape index (κ3) is 1.61. The number of nitrogens with two attached hydrogens (primary N) is 1. The first-order valence-corrected chi connectivity index (χ1v) is 5.13. The van der Waals surface area contributed by atoms with Crippen LogP contribution in [0.1, 0.15) is 5.69 Å². The Morgan fingerprint density at radius 3 is 2.79 bits per heavy atom. The number of rotatable bonds is 2. The quantitative estimate of drug-likeness (QED) is 0.816. The Kier molecular flexibility index (Phi) is 2.68. The van der Waals surface area contributed by atoms with Gasteiger partial charge in [-0.25, -0.2) is 0 Å². The van der Waals surface area contributed by atoms with Gasteiger partial charge in [-0.3, -0.25) is 0 Å². The fourth-order valence-electron chi connectivity index (χ4n) is 1.49. The number of H-pyrrole nitrogens is 1. The zero-order valence-corrected chi connectivity index (χ0v) is 8.99. The lowest BCUT2D eigenvalue weighted by Crippen LogP contribution is -2.02. The Morgan fingerprint density at radius 2 is 2.07 bits per heavy atom. The van der Waals surface area contributed by atoms with Gasteiger partial charge in [-0.15, -0.1) is 0 Å². The molecule has 0 aliphatic rings. The number of halogens is 2. The van der Waals surface area contributed by atoms with Crippen LogP contribution in [0.15, 0.2) is 18.2 Å². The molecule has 0 spiro atoms. The Balaban J connectivity index is 2.59. The van der Waals surface area contributed by atoms with Gasteiger partial charge in [-0.2, -0.15) is 0 Å². The van der Waals surface area contributed by atoms with Crippen molar-refractivity contribution in [1.29, 1.82) is 0 Å². The number of nitrogens with one attached hydrogen (secondary N) is 1. The number of fused-ring (bicyclic) bond motifs is 1. The molecule has 0 atom stereocenters. The summed E-state index contributed by atoms with van der Waals surface area (Å²) in [4.78, 5) is 3.21. The van der Waals surface area contributed by atoms with Gasteiger partial charge >= 0.3 is 0 Å². The lowest BCUT2D eigenvalue weighted by Gasteiger charge is -1.96. The number of aromatic nitrogens is 1. The van der Waals surface area contributed by atoms with Crippen molar-refractivity contribution in [3.8, 4) is 0 Å². The topological polar surface area (TPSA) is 41.8 Å². The van der Waals surface area contributed by atoms with Gasteiger partial charge in [0.2, 0.25) is 0 Å². The van der Waals surface area contributed by atoms with Crippen molar-refractivity contribution < 1.29 is 0 Å². The van der Waals surface area contributed by atoms with E-state index in [4.69, 9.17) is 28.9 Å². The zero-order valence-electron chi connectivity index (χ0n) is 7.48. The van der Waals surface area contributed by atoms with E-state index in [-0.39, 0.29) is 0 Å². The first kappa shape index (κ1) is 9.84. The van der Waals surface area contributed by atoms with Gasteiger partial charge in [0.1, 0.15) is 0 Å². The summed E-state index contributed by atoms with van der Waals surface area (Å²) < 4.78 is 0. The van der Waals surface area contributed by atoms with E-state index >= 15 is 0 Å². The monoisotopic (exact) mass is 228 g/mol. The second-order valence-corrected chi connectivity index (χ2v) is 3.94. The number of aromatic amines is 1. The molecule has 0 saturated heterocycles. The lowest BCUT2D eigenvalue weighted by molar-refractivity contribution is 0.940. The highest BCUT2D eigenvalue weighted by Crippen LogP contribution is 2.30. The molecule has 4 heteroatoms. The van der Waals surface area contributed by atoms with Crippen LogP contribution in [0.2, 0.25) is 10.0 Å². The number of benzene rings is 1. The molecule has 1 aromatic carbocycles. The van der Waals surface area contributed by atoms with E-state index in [1.807, 2.05) is 12.1 Å². The zero-order chi connectivity index (χ0) is 10.1. The molecule has 1 heterocycles. The molecule has 2 nitrogen and oxygen atoms in total. The molecule has 3 N–H and O–H groups in total. The molecule has 14 heavy (non-hydrogen) atoms.